The summed E-state index contributed by atoms with van der Waals surface area (Å²) in [4.78, 5) is 12.0. The number of fused-ring (bicyclic) bond motifs is 1. The van der Waals surface area contributed by atoms with Crippen molar-refractivity contribution in [1.82, 2.24) is 15.5 Å². The molecule has 0 fully saturated rings. The summed E-state index contributed by atoms with van der Waals surface area (Å²) in [5.41, 5.74) is 2.02. The van der Waals surface area contributed by atoms with Gasteiger partial charge in [0.1, 0.15) is 11.6 Å². The van der Waals surface area contributed by atoms with Crippen LogP contribution in [-0.4, -0.2) is 22.1 Å². The second kappa shape index (κ2) is 5.03. The first-order chi connectivity index (χ1) is 9.63. The van der Waals surface area contributed by atoms with E-state index in [4.69, 9.17) is 0 Å². The summed E-state index contributed by atoms with van der Waals surface area (Å²) in [5.74, 6) is -2.06. The molecule has 1 aromatic carbocycles. The molecule has 2 aromatic rings. The van der Waals surface area contributed by atoms with Crippen molar-refractivity contribution in [3.05, 3.63) is 52.9 Å². The predicted molar refractivity (Wildman–Crippen MR) is 68.2 cm³/mol. The number of nitrogens with one attached hydrogen (secondary N) is 2. The van der Waals surface area contributed by atoms with Gasteiger partial charge in [0.25, 0.3) is 5.91 Å². The molecular formula is C14H13F2N3O. The lowest BCUT2D eigenvalue weighted by Gasteiger charge is -2.22. The molecule has 1 aromatic heterocycles. The van der Waals surface area contributed by atoms with Gasteiger partial charge in [0.2, 0.25) is 0 Å². The van der Waals surface area contributed by atoms with E-state index in [0.717, 1.165) is 36.2 Å². The van der Waals surface area contributed by atoms with Gasteiger partial charge in [-0.25, -0.2) is 8.78 Å². The van der Waals surface area contributed by atoms with Crippen LogP contribution in [0, 0.1) is 11.6 Å². The van der Waals surface area contributed by atoms with Crippen LogP contribution in [0.4, 0.5) is 8.78 Å². The summed E-state index contributed by atoms with van der Waals surface area (Å²) in [6.07, 6.45) is 4.03. The van der Waals surface area contributed by atoms with Crippen LogP contribution in [-0.2, 0) is 12.8 Å². The molecule has 1 aliphatic rings. The van der Waals surface area contributed by atoms with Crippen molar-refractivity contribution >= 4 is 5.91 Å². The second-order valence-corrected chi connectivity index (χ2v) is 4.91. The van der Waals surface area contributed by atoms with Crippen LogP contribution in [0.2, 0.25) is 0 Å². The largest absolute Gasteiger partial charge is 0.349 e. The molecule has 0 saturated carbocycles. The van der Waals surface area contributed by atoms with Crippen LogP contribution in [0.5, 0.6) is 0 Å². The third-order valence-corrected chi connectivity index (χ3v) is 3.53. The Hall–Kier alpha value is -2.24. The van der Waals surface area contributed by atoms with E-state index in [1.807, 2.05) is 0 Å². The van der Waals surface area contributed by atoms with Gasteiger partial charge in [-0.15, -0.1) is 0 Å². The first-order valence-electron chi connectivity index (χ1n) is 6.40. The van der Waals surface area contributed by atoms with Gasteiger partial charge in [-0.05, 0) is 30.5 Å². The summed E-state index contributed by atoms with van der Waals surface area (Å²) < 4.78 is 26.3. The van der Waals surface area contributed by atoms with Gasteiger partial charge in [-0.1, -0.05) is 0 Å². The highest BCUT2D eigenvalue weighted by Gasteiger charge is 2.23. The maximum atomic E-state index is 13.5. The van der Waals surface area contributed by atoms with Crippen molar-refractivity contribution in [3.63, 3.8) is 0 Å². The van der Waals surface area contributed by atoms with E-state index in [0.29, 0.717) is 12.5 Å². The monoisotopic (exact) mass is 277 g/mol. The minimum absolute atomic E-state index is 0.0695. The SMILES string of the molecule is O=C(NC1CCc2cn[nH]c2C1)c1ccc(F)cc1F. The van der Waals surface area contributed by atoms with Gasteiger partial charge in [0, 0.05) is 24.2 Å². The molecule has 1 atom stereocenters. The summed E-state index contributed by atoms with van der Waals surface area (Å²) >= 11 is 0. The second-order valence-electron chi connectivity index (χ2n) is 4.91. The standard InChI is InChI=1S/C14H13F2N3O/c15-9-2-4-11(12(16)5-9)14(20)18-10-3-1-8-7-17-19-13(8)6-10/h2,4-5,7,10H,1,3,6H2,(H,17,19)(H,18,20). The Kier molecular flexibility index (Phi) is 3.22. The number of carbonyl (C=O) groups is 1. The quantitative estimate of drug-likeness (QED) is 0.881. The number of rotatable bonds is 2. The highest BCUT2D eigenvalue weighted by Crippen LogP contribution is 2.19. The van der Waals surface area contributed by atoms with E-state index in [1.54, 1.807) is 6.20 Å². The first kappa shape index (κ1) is 12.8. The van der Waals surface area contributed by atoms with Gasteiger partial charge in [-0.2, -0.15) is 5.10 Å². The van der Waals surface area contributed by atoms with Crippen LogP contribution < -0.4 is 5.32 Å². The fourth-order valence-electron chi connectivity index (χ4n) is 2.47. The number of amides is 1. The topological polar surface area (TPSA) is 57.8 Å². The van der Waals surface area contributed by atoms with Crippen molar-refractivity contribution in [2.75, 3.05) is 0 Å². The number of carbonyl (C=O) groups excluding carboxylic acids is 1. The lowest BCUT2D eigenvalue weighted by atomic mass is 9.93. The molecule has 1 aliphatic carbocycles. The number of hydrogen-bond acceptors (Lipinski definition) is 2. The van der Waals surface area contributed by atoms with Crippen LogP contribution in [0.3, 0.4) is 0 Å². The summed E-state index contributed by atoms with van der Waals surface area (Å²) in [5, 5.41) is 9.63. The van der Waals surface area contributed by atoms with Gasteiger partial charge >= 0.3 is 0 Å². The average molecular weight is 277 g/mol. The maximum absolute atomic E-state index is 13.5. The van der Waals surface area contributed by atoms with E-state index < -0.39 is 17.5 Å². The Morgan fingerprint density at radius 3 is 3.05 bits per heavy atom. The Morgan fingerprint density at radius 1 is 1.40 bits per heavy atom. The van der Waals surface area contributed by atoms with Gasteiger partial charge in [-0.3, -0.25) is 9.89 Å². The Labute approximate surface area is 114 Å². The molecule has 0 radical (unpaired) electrons. The normalized spacial score (nSPS) is 17.6. The van der Waals surface area contributed by atoms with E-state index in [9.17, 15) is 13.6 Å². The minimum Gasteiger partial charge on any atom is -0.349 e. The summed E-state index contributed by atoms with van der Waals surface area (Å²) in [7, 11) is 0. The molecule has 4 nitrogen and oxygen atoms in total. The number of aromatic amines is 1. The molecule has 1 unspecified atom stereocenters. The number of H-pyrrole nitrogens is 1. The zero-order valence-corrected chi connectivity index (χ0v) is 10.6. The maximum Gasteiger partial charge on any atom is 0.254 e. The van der Waals surface area contributed by atoms with Crippen molar-refractivity contribution in [3.8, 4) is 0 Å². The number of halogens is 2. The highest BCUT2D eigenvalue weighted by atomic mass is 19.1. The third-order valence-electron chi connectivity index (χ3n) is 3.53. The molecule has 2 N–H and O–H groups in total. The van der Waals surface area contributed by atoms with Gasteiger partial charge in [0.15, 0.2) is 0 Å². The lowest BCUT2D eigenvalue weighted by molar-refractivity contribution is 0.0929. The number of aryl methyl sites for hydroxylation is 1. The summed E-state index contributed by atoms with van der Waals surface area (Å²) in [6.45, 7) is 0. The molecule has 0 aliphatic heterocycles. The Balaban J connectivity index is 1.71. The van der Waals surface area contributed by atoms with E-state index in [2.05, 4.69) is 15.5 Å². The van der Waals surface area contributed by atoms with Crippen molar-refractivity contribution in [2.45, 2.75) is 25.3 Å². The third kappa shape index (κ3) is 2.41. The highest BCUT2D eigenvalue weighted by molar-refractivity contribution is 5.94. The van der Waals surface area contributed by atoms with Crippen molar-refractivity contribution in [1.29, 1.82) is 0 Å². The Morgan fingerprint density at radius 2 is 2.25 bits per heavy atom. The first-order valence-corrected chi connectivity index (χ1v) is 6.40. The number of aromatic nitrogens is 2. The molecule has 20 heavy (non-hydrogen) atoms. The number of hydrogen-bond donors (Lipinski definition) is 2. The average Bonchev–Trinajstić information content (AvgIpc) is 2.85. The van der Waals surface area contributed by atoms with Gasteiger partial charge < -0.3 is 5.32 Å². The van der Waals surface area contributed by atoms with E-state index in [1.165, 1.54) is 0 Å². The molecular weight excluding hydrogens is 264 g/mol. The fourth-order valence-corrected chi connectivity index (χ4v) is 2.47. The fraction of sp³-hybridized carbons (Fsp3) is 0.286. The number of benzene rings is 1. The smallest absolute Gasteiger partial charge is 0.254 e. The molecule has 0 bridgehead atoms. The molecule has 3 rings (SSSR count). The molecule has 104 valence electrons. The summed E-state index contributed by atoms with van der Waals surface area (Å²) in [6, 6.07) is 2.87. The van der Waals surface area contributed by atoms with Crippen LogP contribution >= 0.6 is 0 Å². The minimum atomic E-state index is -0.847. The van der Waals surface area contributed by atoms with E-state index >= 15 is 0 Å². The predicted octanol–water partition coefficient (Wildman–Crippen LogP) is 1.98. The zero-order chi connectivity index (χ0) is 14.1. The molecule has 6 heteroatoms. The molecule has 0 saturated heterocycles. The zero-order valence-electron chi connectivity index (χ0n) is 10.6. The molecule has 0 spiro atoms. The van der Waals surface area contributed by atoms with Crippen molar-refractivity contribution < 1.29 is 13.6 Å². The Bertz CT molecular complexity index is 654. The van der Waals surface area contributed by atoms with E-state index in [-0.39, 0.29) is 11.6 Å². The molecule has 1 heterocycles. The van der Waals surface area contributed by atoms with Crippen LogP contribution in [0.15, 0.2) is 24.4 Å². The molecule has 1 amide bonds. The van der Waals surface area contributed by atoms with Crippen LogP contribution in [0.25, 0.3) is 0 Å². The number of nitrogens with zero attached hydrogens (tertiary/aromatic N) is 1. The van der Waals surface area contributed by atoms with Crippen LogP contribution in [0.1, 0.15) is 28.0 Å². The van der Waals surface area contributed by atoms with Gasteiger partial charge in [0.05, 0.1) is 11.8 Å². The van der Waals surface area contributed by atoms with Crippen molar-refractivity contribution in [2.24, 2.45) is 0 Å². The lowest BCUT2D eigenvalue weighted by Crippen LogP contribution is -2.39.